The molecule has 11 heteroatoms. The molecule has 0 aromatic carbocycles. The summed E-state index contributed by atoms with van der Waals surface area (Å²) in [6.07, 6.45) is 0. The van der Waals surface area contributed by atoms with Crippen LogP contribution >= 0.6 is 24.4 Å². The number of hydrogen-bond donors (Lipinski definition) is 6. The van der Waals surface area contributed by atoms with Crippen molar-refractivity contribution in [3.05, 3.63) is 23.7 Å². The predicted octanol–water partition coefficient (Wildman–Crippen LogP) is -0.262. The van der Waals surface area contributed by atoms with E-state index in [9.17, 15) is 0 Å². The molecule has 2 unspecified atom stereocenters. The fourth-order valence-electron chi connectivity index (χ4n) is 2.60. The molecule has 1 aliphatic rings. The van der Waals surface area contributed by atoms with E-state index in [0.717, 1.165) is 44.4 Å². The molecule has 2 heterocycles. The number of morpholine rings is 1. The van der Waals surface area contributed by atoms with Crippen LogP contribution in [0.25, 0.3) is 0 Å². The van der Waals surface area contributed by atoms with Crippen LogP contribution in [0.1, 0.15) is 24.5 Å². The molecular weight excluding hydrogens is 386 g/mol. The lowest BCUT2D eigenvalue weighted by Crippen LogP contribution is -2.54. The van der Waals surface area contributed by atoms with Gasteiger partial charge in [-0.3, -0.25) is 15.8 Å². The first-order valence-corrected chi connectivity index (χ1v) is 9.70. The molecule has 0 bridgehead atoms. The molecular formula is C16H29N7O2S2. The molecule has 0 spiro atoms. The van der Waals surface area contributed by atoms with E-state index in [-0.39, 0.29) is 12.1 Å². The first-order valence-electron chi connectivity index (χ1n) is 8.88. The lowest BCUT2D eigenvalue weighted by atomic mass is 10.1. The Kier molecular flexibility index (Phi) is 9.18. The fourth-order valence-corrected chi connectivity index (χ4v) is 2.72. The van der Waals surface area contributed by atoms with Crippen LogP contribution in [0.3, 0.4) is 0 Å². The maximum Gasteiger partial charge on any atom is 0.180 e. The van der Waals surface area contributed by atoms with E-state index in [0.29, 0.717) is 10.2 Å². The third-order valence-electron chi connectivity index (χ3n) is 4.18. The molecule has 0 aliphatic carbocycles. The van der Waals surface area contributed by atoms with Gasteiger partial charge in [-0.05, 0) is 43.5 Å². The standard InChI is InChI=1S/C16H29N7O2S2/c1-11(19-21-15(26)17-2)14(20-22-16(27)18-3)13-5-4-12(25-13)10-23-6-8-24-9-7-23/h4-5,11,14,19-20H,6-10H2,1-3H3,(H2,17,21,26)(H2,18,22,27). The Morgan fingerprint density at radius 3 is 2.33 bits per heavy atom. The Labute approximate surface area is 170 Å². The fraction of sp³-hybridized carbons (Fsp3) is 0.625. The summed E-state index contributed by atoms with van der Waals surface area (Å²) < 4.78 is 11.5. The Bertz CT molecular complexity index is 607. The number of ether oxygens (including phenoxy) is 1. The van der Waals surface area contributed by atoms with Gasteiger partial charge in [-0.15, -0.1) is 0 Å². The molecule has 1 fully saturated rings. The van der Waals surface area contributed by atoms with Gasteiger partial charge in [0, 0.05) is 33.2 Å². The van der Waals surface area contributed by atoms with Crippen LogP contribution in [0.15, 0.2) is 16.5 Å². The number of hydrogen-bond acceptors (Lipinski definition) is 7. The molecule has 1 aromatic rings. The molecule has 1 aromatic heterocycles. The Balaban J connectivity index is 2.02. The summed E-state index contributed by atoms with van der Waals surface area (Å²) in [5.74, 6) is 1.71. The van der Waals surface area contributed by atoms with Crippen molar-refractivity contribution in [3.8, 4) is 0 Å². The highest BCUT2D eigenvalue weighted by molar-refractivity contribution is 7.80. The van der Waals surface area contributed by atoms with Crippen molar-refractivity contribution in [1.29, 1.82) is 0 Å². The van der Waals surface area contributed by atoms with Crippen LogP contribution in [-0.4, -0.2) is 61.6 Å². The first kappa shape index (κ1) is 21.8. The summed E-state index contributed by atoms with van der Waals surface area (Å²) in [5.41, 5.74) is 12.3. The second kappa shape index (κ2) is 11.4. The minimum Gasteiger partial charge on any atom is -0.463 e. The highest BCUT2D eigenvalue weighted by atomic mass is 32.1. The minimum absolute atomic E-state index is 0.0640. The maximum atomic E-state index is 6.10. The van der Waals surface area contributed by atoms with Crippen molar-refractivity contribution in [2.24, 2.45) is 0 Å². The van der Waals surface area contributed by atoms with Crippen molar-refractivity contribution in [3.63, 3.8) is 0 Å². The summed E-state index contributed by atoms with van der Waals surface area (Å²) in [4.78, 5) is 2.32. The number of nitrogens with zero attached hydrogens (tertiary/aromatic N) is 1. The normalized spacial score (nSPS) is 17.0. The Morgan fingerprint density at radius 1 is 1.07 bits per heavy atom. The quantitative estimate of drug-likeness (QED) is 0.250. The number of thiocarbonyl (C=S) groups is 2. The van der Waals surface area contributed by atoms with Crippen LogP contribution in [0.4, 0.5) is 0 Å². The lowest BCUT2D eigenvalue weighted by molar-refractivity contribution is 0.0310. The summed E-state index contributed by atoms with van der Waals surface area (Å²) in [5, 5.41) is 6.73. The third kappa shape index (κ3) is 7.20. The third-order valence-corrected chi connectivity index (χ3v) is 4.79. The maximum absolute atomic E-state index is 6.10. The number of rotatable bonds is 8. The average molecular weight is 416 g/mol. The van der Waals surface area contributed by atoms with Crippen LogP contribution in [0.2, 0.25) is 0 Å². The molecule has 6 N–H and O–H groups in total. The van der Waals surface area contributed by atoms with Gasteiger partial charge < -0.3 is 19.8 Å². The molecule has 2 atom stereocenters. The van der Waals surface area contributed by atoms with E-state index >= 15 is 0 Å². The topological polar surface area (TPSA) is 97.8 Å². The molecule has 1 saturated heterocycles. The Hall–Kier alpha value is -1.50. The van der Waals surface area contributed by atoms with Crippen molar-refractivity contribution in [2.75, 3.05) is 40.4 Å². The number of nitrogens with one attached hydrogen (secondary N) is 6. The van der Waals surface area contributed by atoms with E-state index < -0.39 is 0 Å². The molecule has 9 nitrogen and oxygen atoms in total. The first-order chi connectivity index (χ1) is 13.0. The molecule has 27 heavy (non-hydrogen) atoms. The average Bonchev–Trinajstić information content (AvgIpc) is 3.14. The lowest BCUT2D eigenvalue weighted by Gasteiger charge is -2.26. The van der Waals surface area contributed by atoms with Crippen LogP contribution in [0.5, 0.6) is 0 Å². The predicted molar refractivity (Wildman–Crippen MR) is 113 cm³/mol. The summed E-state index contributed by atoms with van der Waals surface area (Å²) >= 11 is 10.3. The highest BCUT2D eigenvalue weighted by Crippen LogP contribution is 2.20. The van der Waals surface area contributed by atoms with E-state index in [2.05, 4.69) is 37.2 Å². The van der Waals surface area contributed by atoms with E-state index in [1.807, 2.05) is 19.1 Å². The minimum atomic E-state index is -0.193. The number of hydrazine groups is 2. The summed E-state index contributed by atoms with van der Waals surface area (Å²) in [7, 11) is 3.52. The van der Waals surface area contributed by atoms with Gasteiger partial charge in [0.05, 0.1) is 19.8 Å². The zero-order chi connectivity index (χ0) is 19.6. The summed E-state index contributed by atoms with van der Waals surface area (Å²) in [6, 6.07) is 3.73. The molecule has 152 valence electrons. The van der Waals surface area contributed by atoms with Crippen molar-refractivity contribution in [2.45, 2.75) is 25.6 Å². The molecule has 0 saturated carbocycles. The molecule has 0 radical (unpaired) electrons. The van der Waals surface area contributed by atoms with E-state index in [1.165, 1.54) is 0 Å². The van der Waals surface area contributed by atoms with Gasteiger partial charge in [-0.1, -0.05) is 0 Å². The van der Waals surface area contributed by atoms with Crippen molar-refractivity contribution < 1.29 is 9.15 Å². The van der Waals surface area contributed by atoms with Gasteiger partial charge in [-0.25, -0.2) is 10.9 Å². The SMILES string of the molecule is CNC(=S)NNC(C)C(NNC(=S)NC)c1ccc(CN2CCOCC2)o1. The van der Waals surface area contributed by atoms with Crippen molar-refractivity contribution in [1.82, 2.24) is 37.2 Å². The molecule has 2 rings (SSSR count). The van der Waals surface area contributed by atoms with Gasteiger partial charge in [0.1, 0.15) is 17.6 Å². The smallest absolute Gasteiger partial charge is 0.180 e. The Morgan fingerprint density at radius 2 is 1.70 bits per heavy atom. The van der Waals surface area contributed by atoms with Gasteiger partial charge in [0.15, 0.2) is 10.2 Å². The monoisotopic (exact) mass is 415 g/mol. The molecule has 0 amide bonds. The van der Waals surface area contributed by atoms with Crippen LogP contribution in [0, 0.1) is 0 Å². The second-order valence-corrected chi connectivity index (χ2v) is 6.97. The van der Waals surface area contributed by atoms with Crippen LogP contribution < -0.4 is 32.3 Å². The summed E-state index contributed by atoms with van der Waals surface area (Å²) in [6.45, 7) is 6.14. The van der Waals surface area contributed by atoms with Gasteiger partial charge in [0.25, 0.3) is 0 Å². The van der Waals surface area contributed by atoms with Gasteiger partial charge in [0.2, 0.25) is 0 Å². The molecule has 1 aliphatic heterocycles. The zero-order valence-corrected chi connectivity index (χ0v) is 17.6. The van der Waals surface area contributed by atoms with Crippen LogP contribution in [-0.2, 0) is 11.3 Å². The largest absolute Gasteiger partial charge is 0.463 e. The van der Waals surface area contributed by atoms with E-state index in [4.69, 9.17) is 33.6 Å². The van der Waals surface area contributed by atoms with Crippen molar-refractivity contribution >= 4 is 34.7 Å². The number of furan rings is 1. The van der Waals surface area contributed by atoms with Gasteiger partial charge in [-0.2, -0.15) is 0 Å². The second-order valence-electron chi connectivity index (χ2n) is 6.16. The zero-order valence-electron chi connectivity index (χ0n) is 15.9. The highest BCUT2D eigenvalue weighted by Gasteiger charge is 2.23. The van der Waals surface area contributed by atoms with E-state index in [1.54, 1.807) is 14.1 Å². The van der Waals surface area contributed by atoms with Gasteiger partial charge >= 0.3 is 0 Å².